The summed E-state index contributed by atoms with van der Waals surface area (Å²) in [5.74, 6) is 0.215. The van der Waals surface area contributed by atoms with Gasteiger partial charge in [-0.15, -0.1) is 0 Å². The first kappa shape index (κ1) is 9.72. The predicted octanol–water partition coefficient (Wildman–Crippen LogP) is 2.92. The minimum Gasteiger partial charge on any atom is -0.299 e. The summed E-state index contributed by atoms with van der Waals surface area (Å²) >= 11 is 0. The molecule has 0 aliphatic carbocycles. The van der Waals surface area contributed by atoms with Crippen LogP contribution in [0.1, 0.15) is 19.4 Å². The topological polar surface area (TPSA) is 17.1 Å². The van der Waals surface area contributed by atoms with Gasteiger partial charge in [0.2, 0.25) is 0 Å². The molecule has 0 bridgehead atoms. The Morgan fingerprint density at radius 2 is 1.92 bits per heavy atom. The number of ketones is 1. The van der Waals surface area contributed by atoms with Gasteiger partial charge in [0, 0.05) is 5.92 Å². The molecule has 0 spiro atoms. The summed E-state index contributed by atoms with van der Waals surface area (Å²) in [6.45, 7) is 3.52. The second kappa shape index (κ2) is 4.61. The molecule has 68 valence electrons. The van der Waals surface area contributed by atoms with Gasteiger partial charge in [-0.25, -0.2) is 0 Å². The van der Waals surface area contributed by atoms with Crippen LogP contribution in [-0.4, -0.2) is 5.78 Å². The quantitative estimate of drug-likeness (QED) is 0.688. The third-order valence-electron chi connectivity index (χ3n) is 2.02. The van der Waals surface area contributed by atoms with Crippen molar-refractivity contribution in [2.75, 3.05) is 0 Å². The van der Waals surface area contributed by atoms with E-state index in [0.717, 1.165) is 5.56 Å². The lowest BCUT2D eigenvalue weighted by Gasteiger charge is -1.98. The third-order valence-corrected chi connectivity index (χ3v) is 2.02. The molecule has 0 N–H and O–H groups in total. The maximum atomic E-state index is 10.9. The number of carbonyl (C=O) groups is 1. The molecule has 1 aromatic rings. The zero-order valence-corrected chi connectivity index (χ0v) is 8.03. The van der Waals surface area contributed by atoms with Crippen LogP contribution in [0, 0.1) is 5.92 Å². The van der Waals surface area contributed by atoms with Crippen molar-refractivity contribution in [1.29, 1.82) is 0 Å². The van der Waals surface area contributed by atoms with Crippen LogP contribution < -0.4 is 0 Å². The van der Waals surface area contributed by atoms with Gasteiger partial charge in [-0.3, -0.25) is 4.79 Å². The molecule has 13 heavy (non-hydrogen) atoms. The summed E-state index contributed by atoms with van der Waals surface area (Å²) in [4.78, 5) is 10.9. The highest BCUT2D eigenvalue weighted by molar-refractivity contribution is 5.80. The molecule has 1 atom stereocenters. The van der Waals surface area contributed by atoms with Gasteiger partial charge >= 0.3 is 0 Å². The zero-order chi connectivity index (χ0) is 9.68. The van der Waals surface area contributed by atoms with E-state index in [1.165, 1.54) is 0 Å². The number of hydrogen-bond donors (Lipinski definition) is 0. The van der Waals surface area contributed by atoms with Crippen LogP contribution in [-0.2, 0) is 4.79 Å². The van der Waals surface area contributed by atoms with Gasteiger partial charge in [0.15, 0.2) is 0 Å². The van der Waals surface area contributed by atoms with Crippen molar-refractivity contribution in [3.05, 3.63) is 42.0 Å². The van der Waals surface area contributed by atoms with E-state index in [-0.39, 0.29) is 11.7 Å². The molecule has 0 aliphatic rings. The smallest absolute Gasteiger partial charge is 0.136 e. The molecule has 0 amide bonds. The van der Waals surface area contributed by atoms with Gasteiger partial charge in [0.05, 0.1) is 0 Å². The first-order valence-electron chi connectivity index (χ1n) is 4.44. The largest absolute Gasteiger partial charge is 0.299 e. The fraction of sp³-hybridized carbons (Fsp3) is 0.250. The molecule has 0 fully saturated rings. The molecule has 1 aromatic carbocycles. The fourth-order valence-corrected chi connectivity index (χ4v) is 0.955. The van der Waals surface area contributed by atoms with Gasteiger partial charge in [0.25, 0.3) is 0 Å². The van der Waals surface area contributed by atoms with E-state index >= 15 is 0 Å². The Balaban J connectivity index is 2.64. The molecule has 0 aliphatic heterocycles. The van der Waals surface area contributed by atoms with E-state index < -0.39 is 0 Å². The maximum absolute atomic E-state index is 10.9. The SMILES string of the molecule is CC(=O)C(C)C=Cc1ccccc1. The van der Waals surface area contributed by atoms with Gasteiger partial charge in [-0.05, 0) is 12.5 Å². The van der Waals surface area contributed by atoms with Crippen LogP contribution in [0.5, 0.6) is 0 Å². The monoisotopic (exact) mass is 174 g/mol. The normalized spacial score (nSPS) is 13.1. The molecule has 0 heterocycles. The Morgan fingerprint density at radius 3 is 2.46 bits per heavy atom. The molecular weight excluding hydrogens is 160 g/mol. The molecule has 1 unspecified atom stereocenters. The van der Waals surface area contributed by atoms with Crippen LogP contribution in [0.3, 0.4) is 0 Å². The highest BCUT2D eigenvalue weighted by atomic mass is 16.1. The highest BCUT2D eigenvalue weighted by Crippen LogP contribution is 2.05. The lowest BCUT2D eigenvalue weighted by atomic mass is 10.1. The Hall–Kier alpha value is -1.37. The summed E-state index contributed by atoms with van der Waals surface area (Å²) in [5.41, 5.74) is 1.13. The minimum atomic E-state index is 0.0141. The van der Waals surface area contributed by atoms with Gasteiger partial charge in [0.1, 0.15) is 5.78 Å². The lowest BCUT2D eigenvalue weighted by molar-refractivity contribution is -0.118. The average Bonchev–Trinajstić information content (AvgIpc) is 2.15. The molecular formula is C12H14O. The second-order valence-corrected chi connectivity index (χ2v) is 3.17. The number of benzene rings is 1. The van der Waals surface area contributed by atoms with Gasteiger partial charge in [-0.1, -0.05) is 49.4 Å². The summed E-state index contributed by atoms with van der Waals surface area (Å²) in [6.07, 6.45) is 3.91. The van der Waals surface area contributed by atoms with Crippen molar-refractivity contribution in [2.45, 2.75) is 13.8 Å². The van der Waals surface area contributed by atoms with Crippen molar-refractivity contribution >= 4 is 11.9 Å². The Bertz CT molecular complexity index is 298. The van der Waals surface area contributed by atoms with Crippen LogP contribution in [0.25, 0.3) is 6.08 Å². The molecule has 0 saturated carbocycles. The van der Waals surface area contributed by atoms with E-state index in [9.17, 15) is 4.79 Å². The number of carbonyl (C=O) groups excluding carboxylic acids is 1. The first-order valence-corrected chi connectivity index (χ1v) is 4.44. The molecule has 1 heteroatoms. The lowest BCUT2D eigenvalue weighted by Crippen LogP contribution is -2.01. The Labute approximate surface area is 79.1 Å². The predicted molar refractivity (Wildman–Crippen MR) is 55.3 cm³/mol. The summed E-state index contributed by atoms with van der Waals surface area (Å²) in [6, 6.07) is 9.98. The molecule has 0 saturated heterocycles. The zero-order valence-electron chi connectivity index (χ0n) is 8.03. The van der Waals surface area contributed by atoms with Crippen LogP contribution in [0.4, 0.5) is 0 Å². The minimum absolute atomic E-state index is 0.0141. The third kappa shape index (κ3) is 3.24. The van der Waals surface area contributed by atoms with Crippen molar-refractivity contribution in [3.8, 4) is 0 Å². The Morgan fingerprint density at radius 1 is 1.31 bits per heavy atom. The molecule has 1 rings (SSSR count). The molecule has 0 radical (unpaired) electrons. The van der Waals surface area contributed by atoms with Crippen molar-refractivity contribution in [3.63, 3.8) is 0 Å². The van der Waals surface area contributed by atoms with E-state index in [2.05, 4.69) is 0 Å². The summed E-state index contributed by atoms with van der Waals surface area (Å²) < 4.78 is 0. The summed E-state index contributed by atoms with van der Waals surface area (Å²) in [7, 11) is 0. The number of Topliss-reactive ketones (excluding diaryl/α,β-unsaturated/α-hetero) is 1. The average molecular weight is 174 g/mol. The molecule has 0 aromatic heterocycles. The van der Waals surface area contributed by atoms with Crippen LogP contribution in [0.15, 0.2) is 36.4 Å². The molecule has 1 nitrogen and oxygen atoms in total. The van der Waals surface area contributed by atoms with E-state index in [4.69, 9.17) is 0 Å². The van der Waals surface area contributed by atoms with E-state index in [0.29, 0.717) is 0 Å². The van der Waals surface area contributed by atoms with Crippen LogP contribution in [0.2, 0.25) is 0 Å². The first-order chi connectivity index (χ1) is 6.20. The number of hydrogen-bond acceptors (Lipinski definition) is 1. The number of allylic oxidation sites excluding steroid dienone is 1. The Kier molecular flexibility index (Phi) is 3.44. The second-order valence-electron chi connectivity index (χ2n) is 3.17. The van der Waals surface area contributed by atoms with E-state index in [1.54, 1.807) is 6.92 Å². The standard InChI is InChI=1S/C12H14O/c1-10(11(2)13)8-9-12-6-4-3-5-7-12/h3-10H,1-2H3. The maximum Gasteiger partial charge on any atom is 0.136 e. The number of rotatable bonds is 3. The summed E-state index contributed by atoms with van der Waals surface area (Å²) in [5, 5.41) is 0. The van der Waals surface area contributed by atoms with Crippen molar-refractivity contribution < 1.29 is 4.79 Å². The highest BCUT2D eigenvalue weighted by Gasteiger charge is 2.00. The van der Waals surface area contributed by atoms with Crippen molar-refractivity contribution in [1.82, 2.24) is 0 Å². The van der Waals surface area contributed by atoms with Crippen molar-refractivity contribution in [2.24, 2.45) is 5.92 Å². The van der Waals surface area contributed by atoms with Gasteiger partial charge < -0.3 is 0 Å². The van der Waals surface area contributed by atoms with Crippen LogP contribution >= 0.6 is 0 Å². The van der Waals surface area contributed by atoms with Gasteiger partial charge in [-0.2, -0.15) is 0 Å². The fourth-order valence-electron chi connectivity index (χ4n) is 0.955. The van der Waals surface area contributed by atoms with E-state index in [1.807, 2.05) is 49.4 Å².